The van der Waals surface area contributed by atoms with E-state index in [1.165, 1.54) is 0 Å². The van der Waals surface area contributed by atoms with Crippen LogP contribution in [-0.2, 0) is 4.79 Å². The van der Waals surface area contributed by atoms with Crippen LogP contribution in [0.4, 0.5) is 5.82 Å². The van der Waals surface area contributed by atoms with Gasteiger partial charge in [-0.3, -0.25) is 4.79 Å². The highest BCUT2D eigenvalue weighted by atomic mass is 16.5. The molecule has 31 heavy (non-hydrogen) atoms. The first-order valence-corrected chi connectivity index (χ1v) is 11.6. The molecule has 2 saturated heterocycles. The number of aryl methyl sites for hydroxylation is 2. The average Bonchev–Trinajstić information content (AvgIpc) is 3.28. The summed E-state index contributed by atoms with van der Waals surface area (Å²) in [5, 5.41) is 13.9. The number of pyridine rings is 1. The van der Waals surface area contributed by atoms with Crippen LogP contribution in [0.5, 0.6) is 0 Å². The lowest BCUT2D eigenvalue weighted by atomic mass is 9.78. The molecule has 7 heteroatoms. The van der Waals surface area contributed by atoms with E-state index < -0.39 is 0 Å². The van der Waals surface area contributed by atoms with Crippen molar-refractivity contribution in [2.75, 3.05) is 24.5 Å². The third-order valence-electron chi connectivity index (χ3n) is 7.62. The molecule has 0 bridgehead atoms. The zero-order valence-corrected chi connectivity index (χ0v) is 18.5. The Kier molecular flexibility index (Phi) is 5.24. The van der Waals surface area contributed by atoms with Gasteiger partial charge in [0, 0.05) is 43.0 Å². The van der Waals surface area contributed by atoms with Crippen LogP contribution < -0.4 is 4.90 Å². The Labute approximate surface area is 183 Å². The molecule has 5 rings (SSSR count). The van der Waals surface area contributed by atoms with Crippen molar-refractivity contribution in [3.63, 3.8) is 0 Å². The lowest BCUT2D eigenvalue weighted by molar-refractivity contribution is -0.139. The number of likely N-dealkylation sites (tertiary alicyclic amines) is 1. The number of nitrogens with zero attached hydrogens (tertiary/aromatic N) is 4. The Morgan fingerprint density at radius 3 is 2.61 bits per heavy atom. The SMILES string of the molecule is Cc1noc(C)c1-c1ccc(N2CCC[C@@]3(CCN(C4CCC(O)CC4)C3=O)C2)nc1. The number of aliphatic hydroxyl groups is 1. The first-order chi connectivity index (χ1) is 15.0. The van der Waals surface area contributed by atoms with E-state index in [-0.39, 0.29) is 11.5 Å². The van der Waals surface area contributed by atoms with Crippen LogP contribution in [0.3, 0.4) is 0 Å². The molecule has 1 saturated carbocycles. The number of carbonyl (C=O) groups is 1. The van der Waals surface area contributed by atoms with Crippen molar-refractivity contribution < 1.29 is 14.4 Å². The predicted octanol–water partition coefficient (Wildman–Crippen LogP) is 3.48. The van der Waals surface area contributed by atoms with E-state index >= 15 is 0 Å². The number of anilines is 1. The smallest absolute Gasteiger partial charge is 0.230 e. The molecule has 1 amide bonds. The van der Waals surface area contributed by atoms with Crippen LogP contribution >= 0.6 is 0 Å². The molecule has 7 nitrogen and oxygen atoms in total. The minimum Gasteiger partial charge on any atom is -0.393 e. The second kappa shape index (κ2) is 7.93. The highest BCUT2D eigenvalue weighted by Crippen LogP contribution is 2.43. The summed E-state index contributed by atoms with van der Waals surface area (Å²) in [5.74, 6) is 2.06. The number of rotatable bonds is 3. The molecule has 2 aromatic rings. The van der Waals surface area contributed by atoms with Gasteiger partial charge in [-0.2, -0.15) is 0 Å². The van der Waals surface area contributed by atoms with Gasteiger partial charge in [-0.15, -0.1) is 0 Å². The number of aromatic nitrogens is 2. The Hall–Kier alpha value is -2.41. The zero-order valence-electron chi connectivity index (χ0n) is 18.5. The predicted molar refractivity (Wildman–Crippen MR) is 118 cm³/mol. The van der Waals surface area contributed by atoms with E-state index in [1.807, 2.05) is 20.0 Å². The van der Waals surface area contributed by atoms with Crippen LogP contribution in [0.15, 0.2) is 22.9 Å². The molecule has 2 aromatic heterocycles. The molecular weight excluding hydrogens is 392 g/mol. The summed E-state index contributed by atoms with van der Waals surface area (Å²) in [5.41, 5.74) is 2.61. The van der Waals surface area contributed by atoms with Crippen molar-refractivity contribution in [2.24, 2.45) is 5.41 Å². The highest BCUT2D eigenvalue weighted by molar-refractivity contribution is 5.86. The molecule has 1 aliphatic carbocycles. The summed E-state index contributed by atoms with van der Waals surface area (Å²) in [6.45, 7) is 6.39. The topological polar surface area (TPSA) is 82.7 Å². The van der Waals surface area contributed by atoms with Gasteiger partial charge in [0.1, 0.15) is 11.6 Å². The third-order valence-corrected chi connectivity index (χ3v) is 7.62. The molecule has 166 valence electrons. The van der Waals surface area contributed by atoms with Gasteiger partial charge in [0.15, 0.2) is 0 Å². The normalized spacial score (nSPS) is 29.2. The fraction of sp³-hybridized carbons (Fsp3) is 0.625. The number of amides is 1. The lowest BCUT2D eigenvalue weighted by Crippen LogP contribution is -2.50. The quantitative estimate of drug-likeness (QED) is 0.812. The number of hydrogen-bond acceptors (Lipinski definition) is 6. The minimum absolute atomic E-state index is 0.187. The monoisotopic (exact) mass is 424 g/mol. The van der Waals surface area contributed by atoms with Gasteiger partial charge in [-0.05, 0) is 70.9 Å². The Balaban J connectivity index is 1.31. The van der Waals surface area contributed by atoms with Gasteiger partial charge in [0.05, 0.1) is 17.2 Å². The van der Waals surface area contributed by atoms with Crippen molar-refractivity contribution in [2.45, 2.75) is 70.9 Å². The maximum absolute atomic E-state index is 13.5. The van der Waals surface area contributed by atoms with Crippen molar-refractivity contribution >= 4 is 11.7 Å². The van der Waals surface area contributed by atoms with Gasteiger partial charge >= 0.3 is 0 Å². The van der Waals surface area contributed by atoms with E-state index in [9.17, 15) is 9.90 Å². The van der Waals surface area contributed by atoms with Crippen LogP contribution in [0, 0.1) is 19.3 Å². The third kappa shape index (κ3) is 3.63. The van der Waals surface area contributed by atoms with Gasteiger partial charge in [0.2, 0.25) is 5.91 Å². The van der Waals surface area contributed by atoms with Crippen LogP contribution in [0.2, 0.25) is 0 Å². The van der Waals surface area contributed by atoms with E-state index in [0.29, 0.717) is 11.9 Å². The number of carbonyl (C=O) groups excluding carboxylic acids is 1. The Bertz CT molecular complexity index is 929. The van der Waals surface area contributed by atoms with Crippen molar-refractivity contribution in [1.29, 1.82) is 0 Å². The summed E-state index contributed by atoms with van der Waals surface area (Å²) in [6.07, 6.45) is 8.09. The van der Waals surface area contributed by atoms with Crippen molar-refractivity contribution in [3.05, 3.63) is 29.8 Å². The average molecular weight is 425 g/mol. The molecule has 2 aliphatic heterocycles. The maximum Gasteiger partial charge on any atom is 0.230 e. The van der Waals surface area contributed by atoms with Gasteiger partial charge in [-0.1, -0.05) is 5.16 Å². The number of piperidine rings is 1. The molecular formula is C24H32N4O3. The van der Waals surface area contributed by atoms with Gasteiger partial charge < -0.3 is 19.4 Å². The Morgan fingerprint density at radius 1 is 1.13 bits per heavy atom. The lowest BCUT2D eigenvalue weighted by Gasteiger charge is -2.41. The van der Waals surface area contributed by atoms with Crippen LogP contribution in [-0.4, -0.2) is 57.8 Å². The second-order valence-electron chi connectivity index (χ2n) is 9.62. The summed E-state index contributed by atoms with van der Waals surface area (Å²) >= 11 is 0. The fourth-order valence-electron chi connectivity index (χ4n) is 5.89. The molecule has 1 N–H and O–H groups in total. The minimum atomic E-state index is -0.281. The van der Waals surface area contributed by atoms with E-state index in [2.05, 4.69) is 27.1 Å². The molecule has 3 fully saturated rings. The van der Waals surface area contributed by atoms with Crippen LogP contribution in [0.1, 0.15) is 56.4 Å². The second-order valence-corrected chi connectivity index (χ2v) is 9.62. The summed E-state index contributed by atoms with van der Waals surface area (Å²) in [6, 6.07) is 4.43. The summed E-state index contributed by atoms with van der Waals surface area (Å²) < 4.78 is 5.29. The number of aliphatic hydroxyl groups excluding tert-OH is 1. The fourth-order valence-corrected chi connectivity index (χ4v) is 5.89. The molecule has 3 aliphatic rings. The standard InChI is InChI=1S/C24H32N4O3/c1-16-22(17(2)31-26-16)18-4-9-21(25-14-18)27-12-3-10-24(15-27)11-13-28(23(24)30)19-5-7-20(29)8-6-19/h4,9,14,19-20,29H,3,5-8,10-13,15H2,1-2H3/t19?,20?,24-/m1/s1. The zero-order chi connectivity index (χ0) is 21.6. The number of hydrogen-bond donors (Lipinski definition) is 1. The first-order valence-electron chi connectivity index (χ1n) is 11.6. The summed E-state index contributed by atoms with van der Waals surface area (Å²) in [7, 11) is 0. The van der Waals surface area contributed by atoms with Crippen molar-refractivity contribution in [3.8, 4) is 11.1 Å². The molecule has 0 unspecified atom stereocenters. The van der Waals surface area contributed by atoms with E-state index in [0.717, 1.165) is 93.0 Å². The molecule has 0 radical (unpaired) electrons. The van der Waals surface area contributed by atoms with E-state index in [1.54, 1.807) is 0 Å². The molecule has 1 atom stereocenters. The maximum atomic E-state index is 13.5. The molecule has 1 spiro atoms. The van der Waals surface area contributed by atoms with Gasteiger partial charge in [-0.25, -0.2) is 4.98 Å². The van der Waals surface area contributed by atoms with Gasteiger partial charge in [0.25, 0.3) is 0 Å². The first kappa shape index (κ1) is 20.5. The highest BCUT2D eigenvalue weighted by Gasteiger charge is 2.50. The molecule has 4 heterocycles. The van der Waals surface area contributed by atoms with Crippen molar-refractivity contribution in [1.82, 2.24) is 15.0 Å². The Morgan fingerprint density at radius 2 is 1.94 bits per heavy atom. The summed E-state index contributed by atoms with van der Waals surface area (Å²) in [4.78, 5) is 22.7. The largest absolute Gasteiger partial charge is 0.393 e. The van der Waals surface area contributed by atoms with E-state index in [4.69, 9.17) is 9.51 Å². The molecule has 0 aromatic carbocycles. The van der Waals surface area contributed by atoms with Crippen LogP contribution in [0.25, 0.3) is 11.1 Å².